The molecule has 2 aliphatic rings. The fourth-order valence-electron chi connectivity index (χ4n) is 3.49. The molecule has 2 saturated heterocycles. The van der Waals surface area contributed by atoms with Crippen molar-refractivity contribution in [1.82, 2.24) is 15.5 Å². The molecule has 6 heteroatoms. The smallest absolute Gasteiger partial charge is 0.237 e. The number of carbonyl (C=O) groups is 2. The van der Waals surface area contributed by atoms with Crippen LogP contribution >= 0.6 is 0 Å². The lowest BCUT2D eigenvalue weighted by Gasteiger charge is -2.36. The standard InChI is InChI=1S/C19H28N4O2/c24-18(9-5-11-21-19(25)17-8-4-10-20-17)23-14-12-22(13-15-23)16-6-2-1-3-7-16/h1-3,6-7,17,20H,4-5,8-15H2,(H,21,25)/t17-/m1/s1. The zero-order valence-electron chi connectivity index (χ0n) is 14.7. The Morgan fingerprint density at radius 1 is 1.12 bits per heavy atom. The van der Waals surface area contributed by atoms with Crippen molar-refractivity contribution in [3.8, 4) is 0 Å². The second-order valence-corrected chi connectivity index (χ2v) is 6.75. The molecule has 2 heterocycles. The fraction of sp³-hybridized carbons (Fsp3) is 0.579. The van der Waals surface area contributed by atoms with Gasteiger partial charge in [0.2, 0.25) is 11.8 Å². The van der Waals surface area contributed by atoms with Gasteiger partial charge in [-0.1, -0.05) is 18.2 Å². The molecule has 136 valence electrons. The zero-order valence-corrected chi connectivity index (χ0v) is 14.7. The number of benzene rings is 1. The first-order valence-electron chi connectivity index (χ1n) is 9.33. The van der Waals surface area contributed by atoms with Gasteiger partial charge in [-0.05, 0) is 37.9 Å². The molecule has 0 unspecified atom stereocenters. The Labute approximate surface area is 149 Å². The van der Waals surface area contributed by atoms with Crippen LogP contribution < -0.4 is 15.5 Å². The third-order valence-corrected chi connectivity index (χ3v) is 5.00. The van der Waals surface area contributed by atoms with Gasteiger partial charge in [-0.15, -0.1) is 0 Å². The van der Waals surface area contributed by atoms with Crippen molar-refractivity contribution in [3.63, 3.8) is 0 Å². The van der Waals surface area contributed by atoms with E-state index in [0.717, 1.165) is 45.6 Å². The molecule has 0 radical (unpaired) electrons. The molecule has 2 aliphatic heterocycles. The summed E-state index contributed by atoms with van der Waals surface area (Å²) in [5.74, 6) is 0.266. The number of carbonyl (C=O) groups excluding carboxylic acids is 2. The SMILES string of the molecule is O=C(NCCCC(=O)N1CCN(c2ccccc2)CC1)[C@H]1CCCN1. The number of hydrogen-bond acceptors (Lipinski definition) is 4. The first-order chi connectivity index (χ1) is 12.2. The van der Waals surface area contributed by atoms with E-state index in [1.54, 1.807) is 0 Å². The minimum atomic E-state index is -0.0400. The summed E-state index contributed by atoms with van der Waals surface area (Å²) in [7, 11) is 0. The van der Waals surface area contributed by atoms with Gasteiger partial charge >= 0.3 is 0 Å². The lowest BCUT2D eigenvalue weighted by atomic mass is 10.2. The number of para-hydroxylation sites is 1. The molecule has 1 aromatic rings. The van der Waals surface area contributed by atoms with Crippen LogP contribution in [0.2, 0.25) is 0 Å². The molecule has 2 N–H and O–H groups in total. The number of anilines is 1. The molecular formula is C19H28N4O2. The quantitative estimate of drug-likeness (QED) is 0.755. The highest BCUT2D eigenvalue weighted by Crippen LogP contribution is 2.16. The second-order valence-electron chi connectivity index (χ2n) is 6.75. The van der Waals surface area contributed by atoms with Crippen molar-refractivity contribution in [2.45, 2.75) is 31.7 Å². The minimum absolute atomic E-state index is 0.0400. The van der Waals surface area contributed by atoms with Gasteiger partial charge in [0.25, 0.3) is 0 Å². The number of piperazine rings is 1. The molecule has 0 saturated carbocycles. The van der Waals surface area contributed by atoms with E-state index in [-0.39, 0.29) is 17.9 Å². The maximum atomic E-state index is 12.3. The predicted molar refractivity (Wildman–Crippen MR) is 98.5 cm³/mol. The van der Waals surface area contributed by atoms with Crippen LogP contribution in [0.5, 0.6) is 0 Å². The van der Waals surface area contributed by atoms with Crippen molar-refractivity contribution in [2.75, 3.05) is 44.2 Å². The Kier molecular flexibility index (Phi) is 6.28. The number of rotatable bonds is 6. The van der Waals surface area contributed by atoms with E-state index in [1.807, 2.05) is 23.1 Å². The fourth-order valence-corrected chi connectivity index (χ4v) is 3.49. The first-order valence-corrected chi connectivity index (χ1v) is 9.33. The highest BCUT2D eigenvalue weighted by atomic mass is 16.2. The van der Waals surface area contributed by atoms with E-state index < -0.39 is 0 Å². The van der Waals surface area contributed by atoms with Gasteiger partial charge in [-0.2, -0.15) is 0 Å². The number of hydrogen-bond donors (Lipinski definition) is 2. The average molecular weight is 344 g/mol. The molecule has 0 aromatic heterocycles. The van der Waals surface area contributed by atoms with E-state index in [9.17, 15) is 9.59 Å². The first kappa shape index (κ1) is 17.7. The number of nitrogens with zero attached hydrogens (tertiary/aromatic N) is 2. The topological polar surface area (TPSA) is 64.7 Å². The largest absolute Gasteiger partial charge is 0.368 e. The maximum Gasteiger partial charge on any atom is 0.237 e. The Balaban J connectivity index is 1.32. The van der Waals surface area contributed by atoms with E-state index in [4.69, 9.17) is 0 Å². The van der Waals surface area contributed by atoms with Gasteiger partial charge in [0.05, 0.1) is 6.04 Å². The molecule has 2 amide bonds. The number of amides is 2. The van der Waals surface area contributed by atoms with Crippen LogP contribution in [0.15, 0.2) is 30.3 Å². The molecule has 0 spiro atoms. The highest BCUT2D eigenvalue weighted by Gasteiger charge is 2.22. The summed E-state index contributed by atoms with van der Waals surface area (Å²) in [4.78, 5) is 28.5. The van der Waals surface area contributed by atoms with Crippen LogP contribution in [-0.2, 0) is 9.59 Å². The molecule has 3 rings (SSSR count). The molecule has 1 atom stereocenters. The average Bonchev–Trinajstić information content (AvgIpc) is 3.21. The van der Waals surface area contributed by atoms with E-state index in [1.165, 1.54) is 5.69 Å². The lowest BCUT2D eigenvalue weighted by molar-refractivity contribution is -0.131. The third-order valence-electron chi connectivity index (χ3n) is 5.00. The Bertz CT molecular complexity index is 564. The van der Waals surface area contributed by atoms with Crippen LogP contribution in [0.1, 0.15) is 25.7 Å². The van der Waals surface area contributed by atoms with Gasteiger partial charge in [-0.25, -0.2) is 0 Å². The summed E-state index contributed by atoms with van der Waals surface area (Å²) >= 11 is 0. The zero-order chi connectivity index (χ0) is 17.5. The Morgan fingerprint density at radius 3 is 2.56 bits per heavy atom. The van der Waals surface area contributed by atoms with E-state index in [0.29, 0.717) is 19.4 Å². The summed E-state index contributed by atoms with van der Waals surface area (Å²) in [6.45, 7) is 4.79. The second kappa shape index (κ2) is 8.85. The summed E-state index contributed by atoms with van der Waals surface area (Å²) in [5, 5.41) is 6.11. The molecule has 1 aromatic carbocycles. The van der Waals surface area contributed by atoms with Gasteiger partial charge in [0, 0.05) is 44.8 Å². The van der Waals surface area contributed by atoms with Crippen LogP contribution in [-0.4, -0.2) is 62.0 Å². The van der Waals surface area contributed by atoms with Crippen LogP contribution in [0.4, 0.5) is 5.69 Å². The van der Waals surface area contributed by atoms with E-state index in [2.05, 4.69) is 27.7 Å². The minimum Gasteiger partial charge on any atom is -0.368 e. The third kappa shape index (κ3) is 4.95. The van der Waals surface area contributed by atoms with Gasteiger partial charge < -0.3 is 20.4 Å². The monoisotopic (exact) mass is 344 g/mol. The van der Waals surface area contributed by atoms with Crippen molar-refractivity contribution in [2.24, 2.45) is 0 Å². The highest BCUT2D eigenvalue weighted by molar-refractivity contribution is 5.82. The summed E-state index contributed by atoms with van der Waals surface area (Å²) in [6.07, 6.45) is 3.18. The Morgan fingerprint density at radius 2 is 1.88 bits per heavy atom. The summed E-state index contributed by atoms with van der Waals surface area (Å²) in [5.41, 5.74) is 1.22. The molecule has 2 fully saturated rings. The van der Waals surface area contributed by atoms with Gasteiger partial charge in [0.1, 0.15) is 0 Å². The van der Waals surface area contributed by atoms with Crippen LogP contribution in [0, 0.1) is 0 Å². The van der Waals surface area contributed by atoms with Crippen molar-refractivity contribution in [1.29, 1.82) is 0 Å². The maximum absolute atomic E-state index is 12.3. The normalized spacial score (nSPS) is 20.6. The molecule has 25 heavy (non-hydrogen) atoms. The van der Waals surface area contributed by atoms with Crippen LogP contribution in [0.3, 0.4) is 0 Å². The molecule has 6 nitrogen and oxygen atoms in total. The van der Waals surface area contributed by atoms with Crippen molar-refractivity contribution >= 4 is 17.5 Å². The number of nitrogens with one attached hydrogen (secondary N) is 2. The summed E-state index contributed by atoms with van der Waals surface area (Å²) < 4.78 is 0. The van der Waals surface area contributed by atoms with Gasteiger partial charge in [-0.3, -0.25) is 9.59 Å². The van der Waals surface area contributed by atoms with Crippen LogP contribution in [0.25, 0.3) is 0 Å². The molecular weight excluding hydrogens is 316 g/mol. The predicted octanol–water partition coefficient (Wildman–Crippen LogP) is 0.984. The van der Waals surface area contributed by atoms with Crippen molar-refractivity contribution in [3.05, 3.63) is 30.3 Å². The van der Waals surface area contributed by atoms with Crippen molar-refractivity contribution < 1.29 is 9.59 Å². The lowest BCUT2D eigenvalue weighted by Crippen LogP contribution is -2.49. The van der Waals surface area contributed by atoms with E-state index >= 15 is 0 Å². The Hall–Kier alpha value is -2.08. The molecule has 0 aliphatic carbocycles. The van der Waals surface area contributed by atoms with Gasteiger partial charge in [0.15, 0.2) is 0 Å². The molecule has 0 bridgehead atoms. The summed E-state index contributed by atoms with van der Waals surface area (Å²) in [6, 6.07) is 10.3.